The number of rotatable bonds is 15. The molecule has 0 amide bonds. The molecule has 0 fully saturated rings. The van der Waals surface area contributed by atoms with Crippen molar-refractivity contribution in [3.63, 3.8) is 0 Å². The molecule has 1 nitrogen and oxygen atoms in total. The van der Waals surface area contributed by atoms with Gasteiger partial charge in [0.25, 0.3) is 0 Å². The molecule has 0 bridgehead atoms. The fourth-order valence-electron chi connectivity index (χ4n) is 3.14. The van der Waals surface area contributed by atoms with Gasteiger partial charge in [-0.3, -0.25) is 4.90 Å². The van der Waals surface area contributed by atoms with Gasteiger partial charge in [-0.15, -0.1) is 5.54 Å². The van der Waals surface area contributed by atoms with Gasteiger partial charge in [-0.05, 0) is 32.4 Å². The maximum absolute atomic E-state index is 3.74. The molecule has 1 unspecified atom stereocenters. The third kappa shape index (κ3) is 15.7. The van der Waals surface area contributed by atoms with Gasteiger partial charge in [-0.1, -0.05) is 104 Å². The Labute approximate surface area is 161 Å². The van der Waals surface area contributed by atoms with E-state index in [1.807, 2.05) is 0 Å². The molecular formula is C23H47NSi. The fourth-order valence-corrected chi connectivity index (χ4v) is 3.74. The monoisotopic (exact) mass is 365 g/mol. The van der Waals surface area contributed by atoms with Crippen LogP contribution in [-0.4, -0.2) is 32.1 Å². The average Bonchev–Trinajstić information content (AvgIpc) is 2.56. The van der Waals surface area contributed by atoms with E-state index in [0.717, 1.165) is 0 Å². The van der Waals surface area contributed by atoms with Crippen molar-refractivity contribution in [1.29, 1.82) is 0 Å². The zero-order valence-corrected chi connectivity index (χ0v) is 19.4. The lowest BCUT2D eigenvalue weighted by molar-refractivity contribution is 0.213. The summed E-state index contributed by atoms with van der Waals surface area (Å²) in [5.41, 5.74) is 3.68. The van der Waals surface area contributed by atoms with Gasteiger partial charge in [0.05, 0.1) is 6.04 Å². The zero-order chi connectivity index (χ0) is 19.0. The van der Waals surface area contributed by atoms with Crippen molar-refractivity contribution in [3.8, 4) is 11.5 Å². The van der Waals surface area contributed by atoms with Crippen LogP contribution in [0.3, 0.4) is 0 Å². The van der Waals surface area contributed by atoms with E-state index >= 15 is 0 Å². The Morgan fingerprint density at radius 3 is 1.60 bits per heavy atom. The van der Waals surface area contributed by atoms with Crippen LogP contribution in [0, 0.1) is 11.5 Å². The normalized spacial score (nSPS) is 12.9. The minimum atomic E-state index is -1.29. The Kier molecular flexibility index (Phi) is 15.8. The van der Waals surface area contributed by atoms with Crippen molar-refractivity contribution in [1.82, 2.24) is 4.90 Å². The van der Waals surface area contributed by atoms with Gasteiger partial charge in [0.15, 0.2) is 0 Å². The molecule has 0 aromatic heterocycles. The minimum Gasteiger partial charge on any atom is -0.290 e. The first-order chi connectivity index (χ1) is 11.9. The predicted molar refractivity (Wildman–Crippen MR) is 119 cm³/mol. The van der Waals surface area contributed by atoms with Crippen LogP contribution >= 0.6 is 0 Å². The fraction of sp³-hybridized carbons (Fsp3) is 0.913. The summed E-state index contributed by atoms with van der Waals surface area (Å²) >= 11 is 0. The van der Waals surface area contributed by atoms with Gasteiger partial charge in [-0.25, -0.2) is 0 Å². The molecule has 0 aromatic carbocycles. The van der Waals surface area contributed by atoms with Crippen molar-refractivity contribution >= 4 is 8.07 Å². The predicted octanol–water partition coefficient (Wildman–Crippen LogP) is 7.28. The van der Waals surface area contributed by atoms with E-state index in [4.69, 9.17) is 0 Å². The van der Waals surface area contributed by atoms with Crippen molar-refractivity contribution < 1.29 is 0 Å². The number of hydrogen-bond donors (Lipinski definition) is 0. The topological polar surface area (TPSA) is 3.24 Å². The van der Waals surface area contributed by atoms with Crippen LogP contribution < -0.4 is 0 Å². The van der Waals surface area contributed by atoms with E-state index < -0.39 is 8.07 Å². The van der Waals surface area contributed by atoms with Gasteiger partial charge in [-0.2, -0.15) is 0 Å². The highest BCUT2D eigenvalue weighted by Gasteiger charge is 2.17. The molecule has 0 spiro atoms. The maximum Gasteiger partial charge on any atom is 0.129 e. The van der Waals surface area contributed by atoms with Crippen LogP contribution in [0.5, 0.6) is 0 Å². The summed E-state index contributed by atoms with van der Waals surface area (Å²) in [4.78, 5) is 2.74. The Bertz CT molecular complexity index is 335. The summed E-state index contributed by atoms with van der Waals surface area (Å²) < 4.78 is 0. The van der Waals surface area contributed by atoms with Gasteiger partial charge in [0.1, 0.15) is 8.07 Å². The smallest absolute Gasteiger partial charge is 0.129 e. The summed E-state index contributed by atoms with van der Waals surface area (Å²) in [6, 6.07) is 0.501. The third-order valence-corrected chi connectivity index (χ3v) is 5.63. The Morgan fingerprint density at radius 2 is 1.16 bits per heavy atom. The molecule has 0 aliphatic carbocycles. The first kappa shape index (κ1) is 24.7. The standard InChI is InChI=1S/C23H47NSi/c1-7-10-13-16-20-24(21-17-14-11-8-2)23(18-15-12-9-3)19-22-25(4,5)6/h23H,7-18,20-21H2,1-6H3. The highest BCUT2D eigenvalue weighted by molar-refractivity contribution is 6.83. The lowest BCUT2D eigenvalue weighted by atomic mass is 10.1. The van der Waals surface area contributed by atoms with E-state index in [1.165, 1.54) is 90.1 Å². The van der Waals surface area contributed by atoms with Gasteiger partial charge in [0, 0.05) is 0 Å². The molecule has 0 aromatic rings. The summed E-state index contributed by atoms with van der Waals surface area (Å²) in [6.45, 7) is 16.5. The molecule has 0 aliphatic rings. The summed E-state index contributed by atoms with van der Waals surface area (Å²) in [6.07, 6.45) is 16.1. The maximum atomic E-state index is 3.74. The molecule has 2 heteroatoms. The molecular weight excluding hydrogens is 318 g/mol. The molecule has 0 radical (unpaired) electrons. The van der Waals surface area contributed by atoms with Crippen molar-refractivity contribution in [2.24, 2.45) is 0 Å². The quantitative estimate of drug-likeness (QED) is 0.167. The largest absolute Gasteiger partial charge is 0.290 e. The van der Waals surface area contributed by atoms with E-state index in [1.54, 1.807) is 0 Å². The van der Waals surface area contributed by atoms with E-state index in [-0.39, 0.29) is 0 Å². The van der Waals surface area contributed by atoms with Crippen molar-refractivity contribution in [2.75, 3.05) is 13.1 Å². The highest BCUT2D eigenvalue weighted by atomic mass is 28.3. The molecule has 0 aliphatic heterocycles. The minimum absolute atomic E-state index is 0.501. The number of nitrogens with zero attached hydrogens (tertiary/aromatic N) is 1. The van der Waals surface area contributed by atoms with Gasteiger partial charge in [0.2, 0.25) is 0 Å². The second-order valence-electron chi connectivity index (χ2n) is 8.69. The van der Waals surface area contributed by atoms with Crippen LogP contribution in [0.1, 0.15) is 97.8 Å². The molecule has 0 heterocycles. The van der Waals surface area contributed by atoms with Gasteiger partial charge >= 0.3 is 0 Å². The van der Waals surface area contributed by atoms with E-state index in [0.29, 0.717) is 6.04 Å². The first-order valence-electron chi connectivity index (χ1n) is 11.2. The first-order valence-corrected chi connectivity index (χ1v) is 14.7. The van der Waals surface area contributed by atoms with E-state index in [9.17, 15) is 0 Å². The second kappa shape index (κ2) is 16.0. The Balaban J connectivity index is 4.85. The summed E-state index contributed by atoms with van der Waals surface area (Å²) in [5, 5.41) is 0. The van der Waals surface area contributed by atoms with E-state index in [2.05, 4.69) is 56.8 Å². The molecule has 0 saturated heterocycles. The van der Waals surface area contributed by atoms with Crippen LogP contribution in [0.15, 0.2) is 0 Å². The molecule has 148 valence electrons. The van der Waals surface area contributed by atoms with Crippen LogP contribution in [-0.2, 0) is 0 Å². The summed E-state index contributed by atoms with van der Waals surface area (Å²) in [7, 11) is -1.29. The Morgan fingerprint density at radius 1 is 0.680 bits per heavy atom. The third-order valence-electron chi connectivity index (χ3n) is 4.73. The van der Waals surface area contributed by atoms with Crippen LogP contribution in [0.25, 0.3) is 0 Å². The number of hydrogen-bond acceptors (Lipinski definition) is 1. The van der Waals surface area contributed by atoms with Crippen molar-refractivity contribution in [3.05, 3.63) is 0 Å². The van der Waals surface area contributed by atoms with Crippen LogP contribution in [0.4, 0.5) is 0 Å². The van der Waals surface area contributed by atoms with Crippen LogP contribution in [0.2, 0.25) is 19.6 Å². The molecule has 0 N–H and O–H groups in total. The van der Waals surface area contributed by atoms with Gasteiger partial charge < -0.3 is 0 Å². The SMILES string of the molecule is CCCCCCN(CCCCCC)C(C#C[Si](C)(C)C)CCCCC. The van der Waals surface area contributed by atoms with Crippen molar-refractivity contribution in [2.45, 2.75) is 124 Å². The average molecular weight is 366 g/mol. The summed E-state index contributed by atoms with van der Waals surface area (Å²) in [5.74, 6) is 3.74. The number of unbranched alkanes of at least 4 members (excludes halogenated alkanes) is 8. The second-order valence-corrected chi connectivity index (χ2v) is 13.4. The molecule has 1 atom stereocenters. The molecule has 0 rings (SSSR count). The lowest BCUT2D eigenvalue weighted by Gasteiger charge is -2.29. The zero-order valence-electron chi connectivity index (χ0n) is 18.4. The molecule has 25 heavy (non-hydrogen) atoms. The highest BCUT2D eigenvalue weighted by Crippen LogP contribution is 2.14. The Hall–Kier alpha value is -0.263. The lowest BCUT2D eigenvalue weighted by Crippen LogP contribution is -2.36. The molecule has 0 saturated carbocycles.